The van der Waals surface area contributed by atoms with Crippen LogP contribution in [0.5, 0.6) is 0 Å². The average molecular weight is 299 g/mol. The Morgan fingerprint density at radius 1 is 1.05 bits per heavy atom. The van der Waals surface area contributed by atoms with E-state index in [1.54, 1.807) is 24.3 Å². The average Bonchev–Trinajstić information content (AvgIpc) is 2.48. The lowest BCUT2D eigenvalue weighted by Crippen LogP contribution is -2.22. The normalized spacial score (nSPS) is 11.7. The monoisotopic (exact) mass is 299 g/mol. The Hall–Kier alpha value is -2.07. The van der Waals surface area contributed by atoms with Crippen LogP contribution in [0.3, 0.4) is 0 Å². The van der Waals surface area contributed by atoms with E-state index in [4.69, 9.17) is 0 Å². The molecule has 0 aliphatic heterocycles. The molecule has 1 amide bonds. The van der Waals surface area contributed by atoms with Crippen LogP contribution in [0.25, 0.3) is 0 Å². The molecule has 0 aromatic heterocycles. The van der Waals surface area contributed by atoms with Crippen molar-refractivity contribution in [3.8, 4) is 0 Å². The van der Waals surface area contributed by atoms with Crippen molar-refractivity contribution in [3.63, 3.8) is 0 Å². The van der Waals surface area contributed by atoms with Gasteiger partial charge in [0.25, 0.3) is 0 Å². The highest BCUT2D eigenvalue weighted by atomic mass is 32.2. The van der Waals surface area contributed by atoms with Gasteiger partial charge in [-0.2, -0.15) is 0 Å². The van der Waals surface area contributed by atoms with Gasteiger partial charge in [-0.1, -0.05) is 30.3 Å². The van der Waals surface area contributed by atoms with E-state index < -0.39 is 0 Å². The molecule has 0 bridgehead atoms. The molecule has 1 N–H and O–H groups in total. The van der Waals surface area contributed by atoms with Crippen LogP contribution in [-0.2, 0) is 4.79 Å². The number of Topliss-reactive ketones (excluding diaryl/α,β-unsaturated/α-hetero) is 1. The van der Waals surface area contributed by atoms with Crippen molar-refractivity contribution < 1.29 is 9.59 Å². The van der Waals surface area contributed by atoms with Crippen LogP contribution >= 0.6 is 11.8 Å². The van der Waals surface area contributed by atoms with Gasteiger partial charge in [0.2, 0.25) is 5.91 Å². The number of carbonyl (C=O) groups excluding carboxylic acids is 2. The fraction of sp³-hybridized carbons (Fsp3) is 0.176. The zero-order valence-corrected chi connectivity index (χ0v) is 12.8. The molecule has 0 unspecified atom stereocenters. The largest absolute Gasteiger partial charge is 0.325 e. The number of hydrogen-bond acceptors (Lipinski definition) is 3. The summed E-state index contributed by atoms with van der Waals surface area (Å²) in [5.74, 6) is -0.0950. The molecule has 2 aromatic rings. The molecule has 2 rings (SSSR count). The molecule has 108 valence electrons. The fourth-order valence-corrected chi connectivity index (χ4v) is 2.71. The maximum atomic E-state index is 12.2. The van der Waals surface area contributed by atoms with E-state index in [-0.39, 0.29) is 16.9 Å². The highest BCUT2D eigenvalue weighted by Gasteiger charge is 2.14. The number of amides is 1. The summed E-state index contributed by atoms with van der Waals surface area (Å²) < 4.78 is 0. The summed E-state index contributed by atoms with van der Waals surface area (Å²) in [4.78, 5) is 24.6. The van der Waals surface area contributed by atoms with Gasteiger partial charge in [0.1, 0.15) is 0 Å². The quantitative estimate of drug-likeness (QED) is 0.670. The lowest BCUT2D eigenvalue weighted by atomic mass is 10.1. The first-order valence-corrected chi connectivity index (χ1v) is 7.58. The van der Waals surface area contributed by atoms with Crippen LogP contribution in [0.15, 0.2) is 59.5 Å². The summed E-state index contributed by atoms with van der Waals surface area (Å²) in [6.07, 6.45) is 0. The third-order valence-electron chi connectivity index (χ3n) is 2.96. The first kappa shape index (κ1) is 15.3. The molecule has 0 aliphatic rings. The Labute approximate surface area is 128 Å². The lowest BCUT2D eigenvalue weighted by molar-refractivity contribution is -0.115. The van der Waals surface area contributed by atoms with Crippen LogP contribution in [0.1, 0.15) is 24.2 Å². The summed E-state index contributed by atoms with van der Waals surface area (Å²) in [7, 11) is 0. The van der Waals surface area contributed by atoms with Gasteiger partial charge in [0, 0.05) is 16.1 Å². The van der Waals surface area contributed by atoms with E-state index in [1.165, 1.54) is 18.7 Å². The zero-order chi connectivity index (χ0) is 15.2. The van der Waals surface area contributed by atoms with Crippen LogP contribution in [0.4, 0.5) is 5.69 Å². The highest BCUT2D eigenvalue weighted by molar-refractivity contribution is 8.00. The molecule has 3 nitrogen and oxygen atoms in total. The predicted molar refractivity (Wildman–Crippen MR) is 86.8 cm³/mol. The molecule has 1 atom stereocenters. The molecule has 21 heavy (non-hydrogen) atoms. The molecule has 2 aromatic carbocycles. The molecule has 0 heterocycles. The van der Waals surface area contributed by atoms with E-state index >= 15 is 0 Å². The summed E-state index contributed by atoms with van der Waals surface area (Å²) in [5, 5.41) is 2.63. The predicted octanol–water partition coefficient (Wildman–Crippen LogP) is 4.01. The fourth-order valence-electron chi connectivity index (χ4n) is 1.82. The number of hydrogen-bond donors (Lipinski definition) is 1. The molecule has 0 radical (unpaired) electrons. The van der Waals surface area contributed by atoms with E-state index in [1.807, 2.05) is 37.3 Å². The number of rotatable bonds is 5. The molecule has 0 saturated heterocycles. The molecule has 0 aliphatic carbocycles. The highest BCUT2D eigenvalue weighted by Crippen LogP contribution is 2.23. The second-order valence-electron chi connectivity index (χ2n) is 4.70. The molecule has 0 fully saturated rings. The van der Waals surface area contributed by atoms with Gasteiger partial charge in [-0.25, -0.2) is 0 Å². The second kappa shape index (κ2) is 7.09. The minimum atomic E-state index is -0.214. The minimum Gasteiger partial charge on any atom is -0.325 e. The number of thioether (sulfide) groups is 1. The number of nitrogens with one attached hydrogen (secondary N) is 1. The second-order valence-corrected chi connectivity index (χ2v) is 6.11. The summed E-state index contributed by atoms with van der Waals surface area (Å²) in [6, 6.07) is 16.8. The summed E-state index contributed by atoms with van der Waals surface area (Å²) >= 11 is 1.50. The third-order valence-corrected chi connectivity index (χ3v) is 4.07. The van der Waals surface area contributed by atoms with Gasteiger partial charge >= 0.3 is 0 Å². The van der Waals surface area contributed by atoms with E-state index in [9.17, 15) is 9.59 Å². The first-order chi connectivity index (χ1) is 10.1. The number of anilines is 1. The Bertz CT molecular complexity index is 640. The molecule has 0 saturated carbocycles. The Morgan fingerprint density at radius 3 is 2.43 bits per heavy atom. The zero-order valence-electron chi connectivity index (χ0n) is 12.0. The Morgan fingerprint density at radius 2 is 1.76 bits per heavy atom. The number of benzene rings is 2. The molecule has 4 heteroatoms. The topological polar surface area (TPSA) is 46.2 Å². The van der Waals surface area contributed by atoms with E-state index in [2.05, 4.69) is 5.32 Å². The SMILES string of the molecule is CC(=O)c1cccc(NC(=O)[C@@H](C)Sc2ccccc2)c1. The van der Waals surface area contributed by atoms with Gasteiger partial charge in [-0.3, -0.25) is 9.59 Å². The van der Waals surface area contributed by atoms with Crippen molar-refractivity contribution >= 4 is 29.1 Å². The van der Waals surface area contributed by atoms with Gasteiger partial charge in [0.15, 0.2) is 5.78 Å². The number of carbonyl (C=O) groups is 2. The number of ketones is 1. The maximum absolute atomic E-state index is 12.2. The van der Waals surface area contributed by atoms with Crippen LogP contribution in [0, 0.1) is 0 Å². The van der Waals surface area contributed by atoms with Crippen LogP contribution in [-0.4, -0.2) is 16.9 Å². The van der Waals surface area contributed by atoms with Gasteiger partial charge in [0.05, 0.1) is 5.25 Å². The molecular formula is C17H17NO2S. The summed E-state index contributed by atoms with van der Waals surface area (Å²) in [6.45, 7) is 3.37. The van der Waals surface area contributed by atoms with Crippen molar-refractivity contribution in [1.29, 1.82) is 0 Å². The van der Waals surface area contributed by atoms with Gasteiger partial charge in [-0.05, 0) is 38.1 Å². The first-order valence-electron chi connectivity index (χ1n) is 6.70. The van der Waals surface area contributed by atoms with Crippen molar-refractivity contribution in [2.45, 2.75) is 24.0 Å². The Kier molecular flexibility index (Phi) is 5.17. The maximum Gasteiger partial charge on any atom is 0.237 e. The standard InChI is InChI=1S/C17H17NO2S/c1-12(19)14-7-6-8-15(11-14)18-17(20)13(2)21-16-9-4-3-5-10-16/h3-11,13H,1-2H3,(H,18,20)/t13-/m1/s1. The van der Waals surface area contributed by atoms with E-state index in [0.29, 0.717) is 11.3 Å². The van der Waals surface area contributed by atoms with E-state index in [0.717, 1.165) is 4.90 Å². The smallest absolute Gasteiger partial charge is 0.237 e. The molecule has 0 spiro atoms. The summed E-state index contributed by atoms with van der Waals surface area (Å²) in [5.41, 5.74) is 1.24. The Balaban J connectivity index is 2.00. The van der Waals surface area contributed by atoms with Gasteiger partial charge < -0.3 is 5.32 Å². The van der Waals surface area contributed by atoms with Crippen LogP contribution in [0.2, 0.25) is 0 Å². The van der Waals surface area contributed by atoms with Gasteiger partial charge in [-0.15, -0.1) is 11.8 Å². The molecular weight excluding hydrogens is 282 g/mol. The van der Waals surface area contributed by atoms with Crippen LogP contribution < -0.4 is 5.32 Å². The van der Waals surface area contributed by atoms with Crippen molar-refractivity contribution in [2.75, 3.05) is 5.32 Å². The lowest BCUT2D eigenvalue weighted by Gasteiger charge is -2.12. The van der Waals surface area contributed by atoms with Crippen molar-refractivity contribution in [1.82, 2.24) is 0 Å². The van der Waals surface area contributed by atoms with Crippen molar-refractivity contribution in [2.24, 2.45) is 0 Å². The van der Waals surface area contributed by atoms with Crippen molar-refractivity contribution in [3.05, 3.63) is 60.2 Å². The third kappa shape index (κ3) is 4.46. The minimum absolute atomic E-state index is 0.0159.